The SMILES string of the molecule is C=C[C@H](NC(=O)OCC1c2ccccc2-c2ccccc21)C(=O)N1CCc2cc(OCc3ccc(OC)cc3)cc(OCc3ccc(OC)cc3)c2[C@H]1C=C. The first kappa shape index (κ1) is 36.9. The first-order chi connectivity index (χ1) is 26.9. The molecule has 55 heavy (non-hydrogen) atoms. The normalized spacial score (nSPS) is 14.7. The van der Waals surface area contributed by atoms with E-state index in [9.17, 15) is 9.59 Å². The Morgan fingerprint density at radius 3 is 1.93 bits per heavy atom. The van der Waals surface area contributed by atoms with Gasteiger partial charge < -0.3 is 33.9 Å². The molecule has 9 nitrogen and oxygen atoms in total. The number of methoxy groups -OCH3 is 2. The van der Waals surface area contributed by atoms with Crippen LogP contribution >= 0.6 is 0 Å². The molecule has 0 fully saturated rings. The highest BCUT2D eigenvalue weighted by Crippen LogP contribution is 2.45. The molecular formula is C46H44N2O7. The maximum atomic E-state index is 14.2. The quantitative estimate of drug-likeness (QED) is 0.114. The molecule has 0 aromatic heterocycles. The number of ether oxygens (including phenoxy) is 5. The van der Waals surface area contributed by atoms with Crippen LogP contribution in [-0.2, 0) is 29.2 Å². The number of amides is 2. The summed E-state index contributed by atoms with van der Waals surface area (Å²) in [6.45, 7) is 9.12. The van der Waals surface area contributed by atoms with Crippen molar-refractivity contribution in [3.05, 3.63) is 168 Å². The number of hydrogen-bond donors (Lipinski definition) is 1. The second-order valence-electron chi connectivity index (χ2n) is 13.4. The number of nitrogens with zero attached hydrogens (tertiary/aromatic N) is 1. The minimum absolute atomic E-state index is 0.110. The zero-order valence-electron chi connectivity index (χ0n) is 31.0. The fourth-order valence-corrected chi connectivity index (χ4v) is 7.37. The Labute approximate surface area is 321 Å². The van der Waals surface area contributed by atoms with Gasteiger partial charge in [0.05, 0.1) is 20.3 Å². The zero-order valence-corrected chi connectivity index (χ0v) is 31.0. The van der Waals surface area contributed by atoms with Crippen molar-refractivity contribution in [2.75, 3.05) is 27.4 Å². The lowest BCUT2D eigenvalue weighted by Crippen LogP contribution is -2.50. The van der Waals surface area contributed by atoms with E-state index in [1.807, 2.05) is 84.9 Å². The number of carbonyl (C=O) groups excluding carboxylic acids is 2. The van der Waals surface area contributed by atoms with Crippen LogP contribution in [0, 0.1) is 0 Å². The van der Waals surface area contributed by atoms with E-state index in [1.165, 1.54) is 6.08 Å². The van der Waals surface area contributed by atoms with E-state index in [0.29, 0.717) is 31.1 Å². The number of rotatable bonds is 14. The third kappa shape index (κ3) is 7.92. The average molecular weight is 737 g/mol. The highest BCUT2D eigenvalue weighted by molar-refractivity contribution is 5.88. The lowest BCUT2D eigenvalue weighted by molar-refractivity contribution is -0.134. The van der Waals surface area contributed by atoms with E-state index < -0.39 is 18.2 Å². The number of alkyl carbamates (subject to hydrolysis) is 1. The van der Waals surface area contributed by atoms with E-state index in [-0.39, 0.29) is 25.0 Å². The van der Waals surface area contributed by atoms with Crippen molar-refractivity contribution in [1.29, 1.82) is 0 Å². The molecule has 0 saturated heterocycles. The summed E-state index contributed by atoms with van der Waals surface area (Å²) < 4.78 is 29.2. The van der Waals surface area contributed by atoms with Gasteiger partial charge in [-0.1, -0.05) is 84.9 Å². The van der Waals surface area contributed by atoms with Crippen LogP contribution in [0.4, 0.5) is 4.79 Å². The van der Waals surface area contributed by atoms with Gasteiger partial charge in [0.15, 0.2) is 0 Å². The number of benzene rings is 5. The molecule has 1 heterocycles. The van der Waals surface area contributed by atoms with Gasteiger partial charge in [-0.25, -0.2) is 4.79 Å². The maximum absolute atomic E-state index is 14.2. The monoisotopic (exact) mass is 736 g/mol. The Morgan fingerprint density at radius 2 is 1.36 bits per heavy atom. The molecule has 0 spiro atoms. The molecule has 280 valence electrons. The second kappa shape index (κ2) is 16.7. The molecule has 1 aliphatic heterocycles. The standard InChI is InChI=1S/C46H44N2O7/c1-5-41(47-46(50)55-29-40-38-13-9-7-11-36(38)37-12-8-10-14-39(37)40)45(49)48-24-23-32-25-35(53-27-30-15-19-33(51-3)20-16-30)26-43(44(32)42(48)6-2)54-28-31-17-21-34(52-4)22-18-31/h5-22,25-26,40-42H,1-2,23-24,27-29H2,3-4H3,(H,47,50)/t41-,42+/m0/s1. The van der Waals surface area contributed by atoms with Crippen molar-refractivity contribution >= 4 is 12.0 Å². The topological polar surface area (TPSA) is 95.6 Å². The lowest BCUT2D eigenvalue weighted by atomic mass is 9.90. The number of hydrogen-bond acceptors (Lipinski definition) is 7. The molecule has 0 radical (unpaired) electrons. The zero-order chi connectivity index (χ0) is 38.3. The summed E-state index contributed by atoms with van der Waals surface area (Å²) in [5, 5.41) is 2.75. The van der Waals surface area contributed by atoms with Crippen LogP contribution in [-0.4, -0.2) is 50.3 Å². The molecule has 9 heteroatoms. The lowest BCUT2D eigenvalue weighted by Gasteiger charge is -2.38. The van der Waals surface area contributed by atoms with E-state index in [4.69, 9.17) is 23.7 Å². The molecule has 5 aromatic carbocycles. The second-order valence-corrected chi connectivity index (χ2v) is 13.4. The minimum Gasteiger partial charge on any atom is -0.497 e. The van der Waals surface area contributed by atoms with Gasteiger partial charge in [0.1, 0.15) is 48.9 Å². The van der Waals surface area contributed by atoms with Crippen LogP contribution in [0.15, 0.2) is 135 Å². The predicted octanol–water partition coefficient (Wildman–Crippen LogP) is 8.57. The van der Waals surface area contributed by atoms with Gasteiger partial charge in [-0.05, 0) is 75.7 Å². The van der Waals surface area contributed by atoms with Crippen LogP contribution < -0.4 is 24.3 Å². The fraction of sp³-hybridized carbons (Fsp3) is 0.217. The molecule has 1 aliphatic carbocycles. The first-order valence-corrected chi connectivity index (χ1v) is 18.3. The molecule has 1 N–H and O–H groups in total. The Morgan fingerprint density at radius 1 is 0.782 bits per heavy atom. The van der Waals surface area contributed by atoms with Gasteiger partial charge >= 0.3 is 6.09 Å². The van der Waals surface area contributed by atoms with Crippen molar-refractivity contribution in [2.45, 2.75) is 37.6 Å². The summed E-state index contributed by atoms with van der Waals surface area (Å²) in [6.07, 6.45) is 2.98. The summed E-state index contributed by atoms with van der Waals surface area (Å²) in [6, 6.07) is 33.9. The van der Waals surface area contributed by atoms with Crippen LogP contribution in [0.3, 0.4) is 0 Å². The van der Waals surface area contributed by atoms with Crippen molar-refractivity contribution in [3.8, 4) is 34.1 Å². The third-order valence-electron chi connectivity index (χ3n) is 10.2. The van der Waals surface area contributed by atoms with E-state index in [2.05, 4.69) is 42.7 Å². The fourth-order valence-electron chi connectivity index (χ4n) is 7.37. The van der Waals surface area contributed by atoms with Gasteiger partial charge in [0.25, 0.3) is 0 Å². The summed E-state index contributed by atoms with van der Waals surface area (Å²) >= 11 is 0. The number of nitrogens with one attached hydrogen (secondary N) is 1. The minimum atomic E-state index is -1.03. The van der Waals surface area contributed by atoms with E-state index in [0.717, 1.165) is 56.0 Å². The van der Waals surface area contributed by atoms with Gasteiger partial charge in [0, 0.05) is 24.1 Å². The largest absolute Gasteiger partial charge is 0.497 e. The van der Waals surface area contributed by atoms with Crippen molar-refractivity contribution in [1.82, 2.24) is 10.2 Å². The van der Waals surface area contributed by atoms with Crippen LogP contribution in [0.5, 0.6) is 23.0 Å². The Bertz CT molecular complexity index is 2130. The summed E-state index contributed by atoms with van der Waals surface area (Å²) in [5.74, 6) is 2.29. The molecular weight excluding hydrogens is 693 g/mol. The van der Waals surface area contributed by atoms with Gasteiger partial charge in [-0.3, -0.25) is 4.79 Å². The molecule has 2 aliphatic rings. The molecule has 0 unspecified atom stereocenters. The molecule has 2 amide bonds. The van der Waals surface area contributed by atoms with Crippen LogP contribution in [0.2, 0.25) is 0 Å². The summed E-state index contributed by atoms with van der Waals surface area (Å²) in [4.78, 5) is 29.2. The Hall–Kier alpha value is -6.48. The van der Waals surface area contributed by atoms with Crippen molar-refractivity contribution < 1.29 is 33.3 Å². The highest BCUT2D eigenvalue weighted by atomic mass is 16.5. The van der Waals surface area contributed by atoms with Gasteiger partial charge in [-0.15, -0.1) is 13.2 Å². The van der Waals surface area contributed by atoms with Crippen molar-refractivity contribution in [2.24, 2.45) is 0 Å². The molecule has 0 bridgehead atoms. The average Bonchev–Trinajstić information content (AvgIpc) is 3.56. The molecule has 5 aromatic rings. The highest BCUT2D eigenvalue weighted by Gasteiger charge is 2.36. The molecule has 0 saturated carbocycles. The molecule has 7 rings (SSSR count). The van der Waals surface area contributed by atoms with E-state index >= 15 is 0 Å². The van der Waals surface area contributed by atoms with Crippen LogP contribution in [0.25, 0.3) is 11.1 Å². The Kier molecular flexibility index (Phi) is 11.2. The summed E-state index contributed by atoms with van der Waals surface area (Å²) in [7, 11) is 3.26. The Balaban J connectivity index is 1.08. The van der Waals surface area contributed by atoms with Crippen molar-refractivity contribution in [3.63, 3.8) is 0 Å². The maximum Gasteiger partial charge on any atom is 0.408 e. The number of carbonyl (C=O) groups is 2. The first-order valence-electron chi connectivity index (χ1n) is 18.3. The summed E-state index contributed by atoms with van der Waals surface area (Å²) in [5.41, 5.74) is 8.19. The predicted molar refractivity (Wildman–Crippen MR) is 212 cm³/mol. The third-order valence-corrected chi connectivity index (χ3v) is 10.2. The molecule has 2 atom stereocenters. The number of fused-ring (bicyclic) bond motifs is 4. The van der Waals surface area contributed by atoms with Crippen LogP contribution in [0.1, 0.15) is 45.3 Å². The van der Waals surface area contributed by atoms with E-state index in [1.54, 1.807) is 25.2 Å². The smallest absolute Gasteiger partial charge is 0.408 e. The van der Waals surface area contributed by atoms with Gasteiger partial charge in [-0.2, -0.15) is 0 Å². The van der Waals surface area contributed by atoms with Gasteiger partial charge in [0.2, 0.25) is 5.91 Å².